The fraction of sp³-hybridized carbons (Fsp3) is 0.364. The van der Waals surface area contributed by atoms with E-state index in [1.807, 2.05) is 54.0 Å². The molecule has 1 fully saturated rings. The molecule has 146 valence electrons. The number of hydrogen-bond acceptors (Lipinski definition) is 3. The fourth-order valence-corrected chi connectivity index (χ4v) is 4.18. The number of hydrogen-bond donors (Lipinski definition) is 2. The molecule has 6 heteroatoms. The second-order valence-corrected chi connectivity index (χ2v) is 7.50. The van der Waals surface area contributed by atoms with Crippen LogP contribution in [0.4, 0.5) is 5.69 Å². The van der Waals surface area contributed by atoms with Gasteiger partial charge in [-0.25, -0.2) is 4.79 Å². The zero-order chi connectivity index (χ0) is 19.7. The number of benzene rings is 2. The van der Waals surface area contributed by atoms with E-state index in [0.29, 0.717) is 0 Å². The summed E-state index contributed by atoms with van der Waals surface area (Å²) in [5.74, 6) is 0.764. The Morgan fingerprint density at radius 1 is 1.14 bits per heavy atom. The van der Waals surface area contributed by atoms with Crippen LogP contribution >= 0.6 is 0 Å². The Bertz CT molecular complexity index is 1060. The van der Waals surface area contributed by atoms with E-state index in [1.54, 1.807) is 7.11 Å². The first-order chi connectivity index (χ1) is 13.6. The standard InChI is InChI=1S/C22H25N3O3/c1-14-7-10-16(13-20(14)28-2)23-21(26)15-8-11-17(12-9-15)25-19-6-4-3-5-18(19)24-22(25)27/h3-7,10,13,15,17H,8-9,11-12H2,1-2H3,(H,23,26)(H,24,27). The molecule has 1 heterocycles. The minimum absolute atomic E-state index is 0.0375. The number of carbonyl (C=O) groups excluding carboxylic acids is 1. The van der Waals surface area contributed by atoms with Gasteiger partial charge in [0, 0.05) is 23.7 Å². The molecule has 2 aromatic carbocycles. The van der Waals surface area contributed by atoms with Crippen LogP contribution in [0, 0.1) is 12.8 Å². The summed E-state index contributed by atoms with van der Waals surface area (Å²) in [5.41, 5.74) is 3.52. The van der Waals surface area contributed by atoms with Crippen molar-refractivity contribution in [1.29, 1.82) is 0 Å². The number of H-pyrrole nitrogens is 1. The molecule has 2 N–H and O–H groups in total. The number of nitrogens with one attached hydrogen (secondary N) is 2. The lowest BCUT2D eigenvalue weighted by Gasteiger charge is -2.28. The zero-order valence-corrected chi connectivity index (χ0v) is 16.2. The SMILES string of the molecule is COc1cc(NC(=O)C2CCC(n3c(=O)[nH]c4ccccc43)CC2)ccc1C. The van der Waals surface area contributed by atoms with E-state index in [4.69, 9.17) is 4.74 Å². The molecule has 1 saturated carbocycles. The number of para-hydroxylation sites is 2. The first kappa shape index (κ1) is 18.3. The maximum absolute atomic E-state index is 12.7. The number of aromatic amines is 1. The third-order valence-corrected chi connectivity index (χ3v) is 5.73. The van der Waals surface area contributed by atoms with E-state index in [9.17, 15) is 9.59 Å². The summed E-state index contributed by atoms with van der Waals surface area (Å²) in [6.07, 6.45) is 3.17. The molecule has 0 atom stereocenters. The fourth-order valence-electron chi connectivity index (χ4n) is 4.18. The number of methoxy groups -OCH3 is 1. The Labute approximate surface area is 163 Å². The van der Waals surface area contributed by atoms with E-state index < -0.39 is 0 Å². The summed E-state index contributed by atoms with van der Waals surface area (Å²) in [5, 5.41) is 3.01. The maximum Gasteiger partial charge on any atom is 0.326 e. The van der Waals surface area contributed by atoms with Crippen LogP contribution in [-0.2, 0) is 4.79 Å². The van der Waals surface area contributed by atoms with Crippen molar-refractivity contribution in [2.24, 2.45) is 5.92 Å². The van der Waals surface area contributed by atoms with Gasteiger partial charge in [-0.3, -0.25) is 9.36 Å². The van der Waals surface area contributed by atoms with Crippen molar-refractivity contribution in [3.8, 4) is 5.75 Å². The van der Waals surface area contributed by atoms with Gasteiger partial charge in [0.25, 0.3) is 0 Å². The molecule has 0 aliphatic heterocycles. The van der Waals surface area contributed by atoms with Crippen molar-refractivity contribution in [2.75, 3.05) is 12.4 Å². The lowest BCUT2D eigenvalue weighted by Crippen LogP contribution is -2.31. The molecule has 1 amide bonds. The van der Waals surface area contributed by atoms with Gasteiger partial charge in [-0.15, -0.1) is 0 Å². The minimum atomic E-state index is -0.0687. The molecular weight excluding hydrogens is 354 g/mol. The average molecular weight is 379 g/mol. The van der Waals surface area contributed by atoms with Crippen LogP contribution in [0.25, 0.3) is 11.0 Å². The Hall–Kier alpha value is -3.02. The van der Waals surface area contributed by atoms with Crippen LogP contribution in [0.1, 0.15) is 37.3 Å². The van der Waals surface area contributed by atoms with Gasteiger partial charge in [0.1, 0.15) is 5.75 Å². The number of anilines is 1. The largest absolute Gasteiger partial charge is 0.496 e. The Balaban J connectivity index is 1.43. The van der Waals surface area contributed by atoms with E-state index in [0.717, 1.165) is 53.7 Å². The number of imidazole rings is 1. The highest BCUT2D eigenvalue weighted by molar-refractivity contribution is 5.92. The number of amides is 1. The van der Waals surface area contributed by atoms with Crippen LogP contribution < -0.4 is 15.7 Å². The van der Waals surface area contributed by atoms with Crippen molar-refractivity contribution >= 4 is 22.6 Å². The molecule has 0 bridgehead atoms. The first-order valence-corrected chi connectivity index (χ1v) is 9.71. The van der Waals surface area contributed by atoms with E-state index in [1.165, 1.54) is 0 Å². The molecule has 0 saturated heterocycles. The molecule has 3 aromatic rings. The molecule has 1 aliphatic rings. The molecule has 1 aromatic heterocycles. The van der Waals surface area contributed by atoms with Gasteiger partial charge in [-0.2, -0.15) is 0 Å². The molecule has 1 aliphatic carbocycles. The molecule has 0 spiro atoms. The van der Waals surface area contributed by atoms with Gasteiger partial charge in [0.2, 0.25) is 5.91 Å². The predicted molar refractivity (Wildman–Crippen MR) is 110 cm³/mol. The van der Waals surface area contributed by atoms with Crippen LogP contribution in [0.5, 0.6) is 5.75 Å². The Morgan fingerprint density at radius 2 is 1.89 bits per heavy atom. The third-order valence-electron chi connectivity index (χ3n) is 5.73. The number of nitrogens with zero attached hydrogens (tertiary/aromatic N) is 1. The average Bonchev–Trinajstić information content (AvgIpc) is 3.05. The highest BCUT2D eigenvalue weighted by Crippen LogP contribution is 2.34. The quantitative estimate of drug-likeness (QED) is 0.719. The number of rotatable bonds is 4. The molecular formula is C22H25N3O3. The van der Waals surface area contributed by atoms with Gasteiger partial charge >= 0.3 is 5.69 Å². The normalized spacial score (nSPS) is 19.5. The molecule has 0 unspecified atom stereocenters. The van der Waals surface area contributed by atoms with Gasteiger partial charge < -0.3 is 15.0 Å². The summed E-state index contributed by atoms with van der Waals surface area (Å²) < 4.78 is 7.18. The summed E-state index contributed by atoms with van der Waals surface area (Å²) in [6.45, 7) is 1.97. The monoisotopic (exact) mass is 379 g/mol. The zero-order valence-electron chi connectivity index (χ0n) is 16.2. The van der Waals surface area contributed by atoms with Crippen molar-refractivity contribution < 1.29 is 9.53 Å². The van der Waals surface area contributed by atoms with Crippen molar-refractivity contribution in [3.63, 3.8) is 0 Å². The van der Waals surface area contributed by atoms with Crippen molar-refractivity contribution in [2.45, 2.75) is 38.6 Å². The summed E-state index contributed by atoms with van der Waals surface area (Å²) in [6, 6.07) is 13.6. The second-order valence-electron chi connectivity index (χ2n) is 7.50. The van der Waals surface area contributed by atoms with E-state index >= 15 is 0 Å². The van der Waals surface area contributed by atoms with Gasteiger partial charge in [0.15, 0.2) is 0 Å². The second kappa shape index (κ2) is 7.54. The van der Waals surface area contributed by atoms with Crippen LogP contribution in [0.3, 0.4) is 0 Å². The number of fused-ring (bicyclic) bond motifs is 1. The van der Waals surface area contributed by atoms with E-state index in [-0.39, 0.29) is 23.6 Å². The van der Waals surface area contributed by atoms with Gasteiger partial charge in [-0.05, 0) is 56.4 Å². The molecule has 0 radical (unpaired) electrons. The maximum atomic E-state index is 12.7. The minimum Gasteiger partial charge on any atom is -0.496 e. The smallest absolute Gasteiger partial charge is 0.326 e. The van der Waals surface area contributed by atoms with Gasteiger partial charge in [0.05, 0.1) is 18.1 Å². The topological polar surface area (TPSA) is 76.1 Å². The third kappa shape index (κ3) is 3.42. The van der Waals surface area contributed by atoms with Crippen LogP contribution in [0.2, 0.25) is 0 Å². The first-order valence-electron chi connectivity index (χ1n) is 9.71. The molecule has 4 rings (SSSR count). The highest BCUT2D eigenvalue weighted by Gasteiger charge is 2.28. The van der Waals surface area contributed by atoms with Crippen LogP contribution in [0.15, 0.2) is 47.3 Å². The Kier molecular flexibility index (Phi) is 4.94. The number of ether oxygens (including phenoxy) is 1. The summed E-state index contributed by atoms with van der Waals surface area (Å²) >= 11 is 0. The number of carbonyl (C=O) groups is 1. The molecule has 6 nitrogen and oxygen atoms in total. The predicted octanol–water partition coefficient (Wildman–Crippen LogP) is 4.02. The summed E-state index contributed by atoms with van der Waals surface area (Å²) in [4.78, 5) is 28.0. The van der Waals surface area contributed by atoms with E-state index in [2.05, 4.69) is 10.3 Å². The number of aromatic nitrogens is 2. The van der Waals surface area contributed by atoms with Crippen LogP contribution in [-0.4, -0.2) is 22.6 Å². The lowest BCUT2D eigenvalue weighted by molar-refractivity contribution is -0.121. The molecule has 28 heavy (non-hydrogen) atoms. The lowest BCUT2D eigenvalue weighted by atomic mass is 9.85. The highest BCUT2D eigenvalue weighted by atomic mass is 16.5. The van der Waals surface area contributed by atoms with Crippen molar-refractivity contribution in [1.82, 2.24) is 9.55 Å². The van der Waals surface area contributed by atoms with Gasteiger partial charge in [-0.1, -0.05) is 18.2 Å². The summed E-state index contributed by atoms with van der Waals surface area (Å²) in [7, 11) is 1.63. The number of aryl methyl sites for hydroxylation is 1. The van der Waals surface area contributed by atoms with Crippen molar-refractivity contribution in [3.05, 3.63) is 58.5 Å². The Morgan fingerprint density at radius 3 is 2.64 bits per heavy atom.